The van der Waals surface area contributed by atoms with Gasteiger partial charge in [-0.2, -0.15) is 0 Å². The predicted molar refractivity (Wildman–Crippen MR) is 69.8 cm³/mol. The molecule has 4 heteroatoms. The van der Waals surface area contributed by atoms with Crippen LogP contribution in [0.4, 0.5) is 0 Å². The van der Waals surface area contributed by atoms with E-state index in [1.54, 1.807) is 31.2 Å². The summed E-state index contributed by atoms with van der Waals surface area (Å²) in [5.74, 6) is -0.261. The van der Waals surface area contributed by atoms with Gasteiger partial charge in [0.15, 0.2) is 0 Å². The largest absolute Gasteiger partial charge is 0.508 e. The fourth-order valence-electron chi connectivity index (χ4n) is 1.97. The van der Waals surface area contributed by atoms with Gasteiger partial charge < -0.3 is 14.8 Å². The monoisotopic (exact) mass is 245 g/mol. The van der Waals surface area contributed by atoms with Crippen LogP contribution >= 0.6 is 0 Å². The van der Waals surface area contributed by atoms with Gasteiger partial charge in [0.2, 0.25) is 0 Å². The Balaban J connectivity index is 2.63. The number of hydrogen-bond acceptors (Lipinski definition) is 3. The Bertz CT molecular complexity index is 598. The lowest BCUT2D eigenvalue weighted by molar-refractivity contribution is 0.0527. The van der Waals surface area contributed by atoms with Gasteiger partial charge in [-0.3, -0.25) is 0 Å². The lowest BCUT2D eigenvalue weighted by Gasteiger charge is -2.03. The summed E-state index contributed by atoms with van der Waals surface area (Å²) < 4.78 is 5.05. The van der Waals surface area contributed by atoms with Gasteiger partial charge in [-0.15, -0.1) is 6.58 Å². The second-order valence-corrected chi connectivity index (χ2v) is 3.92. The molecule has 0 unspecified atom stereocenters. The molecule has 2 N–H and O–H groups in total. The molecule has 1 aromatic heterocycles. The number of aromatic hydroxyl groups is 1. The van der Waals surface area contributed by atoms with Gasteiger partial charge in [0.25, 0.3) is 0 Å². The maximum atomic E-state index is 12.0. The molecule has 1 aromatic carbocycles. The van der Waals surface area contributed by atoms with Crippen LogP contribution < -0.4 is 0 Å². The first-order valence-corrected chi connectivity index (χ1v) is 5.79. The molecule has 0 saturated heterocycles. The Morgan fingerprint density at radius 1 is 1.56 bits per heavy atom. The first-order valence-electron chi connectivity index (χ1n) is 5.79. The molecular weight excluding hydrogens is 230 g/mol. The maximum absolute atomic E-state index is 12.0. The summed E-state index contributed by atoms with van der Waals surface area (Å²) in [6, 6.07) is 4.87. The zero-order valence-corrected chi connectivity index (χ0v) is 10.2. The number of carbonyl (C=O) groups is 1. The van der Waals surface area contributed by atoms with Crippen molar-refractivity contribution >= 4 is 16.9 Å². The summed E-state index contributed by atoms with van der Waals surface area (Å²) in [6.07, 6.45) is 2.26. The highest BCUT2D eigenvalue weighted by Crippen LogP contribution is 2.27. The van der Waals surface area contributed by atoms with Gasteiger partial charge >= 0.3 is 5.97 Å². The Labute approximate surface area is 105 Å². The van der Waals surface area contributed by atoms with E-state index in [0.717, 1.165) is 11.2 Å². The van der Waals surface area contributed by atoms with E-state index in [1.807, 2.05) is 0 Å². The number of phenolic OH excluding ortho intramolecular Hbond substituents is 1. The lowest BCUT2D eigenvalue weighted by Crippen LogP contribution is -2.06. The SMILES string of the molecule is C=CCc1[nH]c2ccc(O)cc2c1C(=O)OCC. The van der Waals surface area contributed by atoms with E-state index in [2.05, 4.69) is 11.6 Å². The molecule has 2 rings (SSSR count). The van der Waals surface area contributed by atoms with Crippen molar-refractivity contribution in [2.75, 3.05) is 6.61 Å². The molecule has 94 valence electrons. The molecule has 0 aliphatic rings. The first kappa shape index (κ1) is 12.2. The van der Waals surface area contributed by atoms with Gasteiger partial charge in [0, 0.05) is 23.0 Å². The Morgan fingerprint density at radius 2 is 2.33 bits per heavy atom. The van der Waals surface area contributed by atoms with Crippen molar-refractivity contribution in [2.24, 2.45) is 0 Å². The van der Waals surface area contributed by atoms with Crippen molar-refractivity contribution in [1.82, 2.24) is 4.98 Å². The molecule has 0 bridgehead atoms. The van der Waals surface area contributed by atoms with Crippen molar-refractivity contribution in [3.05, 3.63) is 42.1 Å². The number of rotatable bonds is 4. The molecule has 0 fully saturated rings. The summed E-state index contributed by atoms with van der Waals surface area (Å²) in [4.78, 5) is 15.1. The van der Waals surface area contributed by atoms with Crippen LogP contribution in [0.3, 0.4) is 0 Å². The number of esters is 1. The highest BCUT2D eigenvalue weighted by atomic mass is 16.5. The molecule has 0 saturated carbocycles. The maximum Gasteiger partial charge on any atom is 0.340 e. The molecule has 0 amide bonds. The molecule has 0 radical (unpaired) electrons. The summed E-state index contributed by atoms with van der Waals surface area (Å²) in [6.45, 7) is 5.75. The lowest BCUT2D eigenvalue weighted by atomic mass is 10.1. The fraction of sp³-hybridized carbons (Fsp3) is 0.214. The molecule has 18 heavy (non-hydrogen) atoms. The van der Waals surface area contributed by atoms with Crippen molar-refractivity contribution in [1.29, 1.82) is 0 Å². The summed E-state index contributed by atoms with van der Waals surface area (Å²) >= 11 is 0. The smallest absolute Gasteiger partial charge is 0.340 e. The van der Waals surface area contributed by atoms with Crippen LogP contribution in [0.1, 0.15) is 23.0 Å². The van der Waals surface area contributed by atoms with E-state index in [0.29, 0.717) is 24.0 Å². The topological polar surface area (TPSA) is 62.3 Å². The van der Waals surface area contributed by atoms with E-state index >= 15 is 0 Å². The quantitative estimate of drug-likeness (QED) is 0.643. The van der Waals surface area contributed by atoms with Crippen LogP contribution in [0, 0.1) is 0 Å². The molecule has 0 aliphatic heterocycles. The number of hydrogen-bond donors (Lipinski definition) is 2. The molecule has 0 atom stereocenters. The van der Waals surface area contributed by atoms with E-state index in [4.69, 9.17) is 4.74 Å². The van der Waals surface area contributed by atoms with Crippen molar-refractivity contribution in [3.63, 3.8) is 0 Å². The highest BCUT2D eigenvalue weighted by Gasteiger charge is 2.19. The Hall–Kier alpha value is -2.23. The minimum atomic E-state index is -0.383. The van der Waals surface area contributed by atoms with Gasteiger partial charge in [-0.1, -0.05) is 6.08 Å². The van der Waals surface area contributed by atoms with Crippen LogP contribution in [0.5, 0.6) is 5.75 Å². The number of aromatic amines is 1. The van der Waals surface area contributed by atoms with E-state index in [9.17, 15) is 9.90 Å². The minimum absolute atomic E-state index is 0.122. The second-order valence-electron chi connectivity index (χ2n) is 3.92. The number of benzene rings is 1. The summed E-state index contributed by atoms with van der Waals surface area (Å²) in [7, 11) is 0. The van der Waals surface area contributed by atoms with Gasteiger partial charge in [0.05, 0.1) is 12.2 Å². The molecule has 1 heterocycles. The summed E-state index contributed by atoms with van der Waals surface area (Å²) in [5.41, 5.74) is 2.03. The third-order valence-corrected chi connectivity index (χ3v) is 2.69. The minimum Gasteiger partial charge on any atom is -0.508 e. The number of nitrogens with one attached hydrogen (secondary N) is 1. The van der Waals surface area contributed by atoms with Crippen molar-refractivity contribution in [3.8, 4) is 5.75 Å². The van der Waals surface area contributed by atoms with E-state index in [-0.39, 0.29) is 11.7 Å². The molecule has 0 aliphatic carbocycles. The highest BCUT2D eigenvalue weighted by molar-refractivity contribution is 6.06. The number of ether oxygens (including phenoxy) is 1. The van der Waals surface area contributed by atoms with Gasteiger partial charge in [-0.05, 0) is 25.1 Å². The van der Waals surface area contributed by atoms with Crippen LogP contribution in [0.2, 0.25) is 0 Å². The average Bonchev–Trinajstić information content (AvgIpc) is 2.67. The van der Waals surface area contributed by atoms with Gasteiger partial charge in [-0.25, -0.2) is 4.79 Å². The number of carbonyl (C=O) groups excluding carboxylic acids is 1. The third kappa shape index (κ3) is 2.09. The standard InChI is InChI=1S/C14H15NO3/c1-3-5-12-13(14(17)18-4-2)10-8-9(16)6-7-11(10)15-12/h3,6-8,15-16H,1,4-5H2,2H3. The Morgan fingerprint density at radius 3 is 3.00 bits per heavy atom. The first-order chi connectivity index (χ1) is 8.67. The number of fused-ring (bicyclic) bond motifs is 1. The van der Waals surface area contributed by atoms with Crippen LogP contribution in [-0.4, -0.2) is 22.7 Å². The predicted octanol–water partition coefficient (Wildman–Crippen LogP) is 2.78. The second kappa shape index (κ2) is 4.96. The van der Waals surface area contributed by atoms with Crippen LogP contribution in [0.25, 0.3) is 10.9 Å². The normalized spacial score (nSPS) is 10.5. The van der Waals surface area contributed by atoms with E-state index in [1.165, 1.54) is 0 Å². The van der Waals surface area contributed by atoms with E-state index < -0.39 is 0 Å². The van der Waals surface area contributed by atoms with Gasteiger partial charge in [0.1, 0.15) is 5.75 Å². The van der Waals surface area contributed by atoms with Crippen LogP contribution in [-0.2, 0) is 11.2 Å². The Kier molecular flexibility index (Phi) is 3.37. The number of phenols is 1. The fourth-order valence-corrected chi connectivity index (χ4v) is 1.97. The van der Waals surface area contributed by atoms with Crippen molar-refractivity contribution < 1.29 is 14.6 Å². The molecular formula is C14H15NO3. The number of aromatic nitrogens is 1. The molecule has 0 spiro atoms. The third-order valence-electron chi connectivity index (χ3n) is 2.69. The van der Waals surface area contributed by atoms with Crippen molar-refractivity contribution in [2.45, 2.75) is 13.3 Å². The summed E-state index contributed by atoms with van der Waals surface area (Å²) in [5, 5.41) is 10.2. The zero-order chi connectivity index (χ0) is 13.1. The molecule has 2 aromatic rings. The zero-order valence-electron chi connectivity index (χ0n) is 10.2. The number of H-pyrrole nitrogens is 1. The average molecular weight is 245 g/mol. The number of allylic oxidation sites excluding steroid dienone is 1. The molecule has 4 nitrogen and oxygen atoms in total. The van der Waals surface area contributed by atoms with Crippen LogP contribution in [0.15, 0.2) is 30.9 Å².